The number of aliphatic hydroxyl groups is 1. The van der Waals surface area contributed by atoms with Crippen LogP contribution in [0.2, 0.25) is 0 Å². The summed E-state index contributed by atoms with van der Waals surface area (Å²) in [5.41, 5.74) is 0. The highest BCUT2D eigenvalue weighted by molar-refractivity contribution is 8.00. The molecule has 3 heteroatoms. The molecule has 1 heterocycles. The minimum absolute atomic E-state index is 0.0934. The molecule has 1 fully saturated rings. The van der Waals surface area contributed by atoms with Crippen LogP contribution in [0.1, 0.15) is 19.3 Å². The van der Waals surface area contributed by atoms with Gasteiger partial charge in [0.1, 0.15) is 11.9 Å². The van der Waals surface area contributed by atoms with Crippen molar-refractivity contribution in [3.05, 3.63) is 11.8 Å². The van der Waals surface area contributed by atoms with Crippen LogP contribution < -0.4 is 0 Å². The zero-order valence-electron chi connectivity index (χ0n) is 7.25. The summed E-state index contributed by atoms with van der Waals surface area (Å²) in [5.74, 6) is 0.807. The van der Waals surface area contributed by atoms with Crippen molar-refractivity contribution in [2.45, 2.75) is 30.1 Å². The molecular weight excluding hydrogens is 172 g/mol. The van der Waals surface area contributed by atoms with E-state index in [-0.39, 0.29) is 10.9 Å². The van der Waals surface area contributed by atoms with E-state index in [1.165, 1.54) is 0 Å². The van der Waals surface area contributed by atoms with Gasteiger partial charge >= 0.3 is 0 Å². The van der Waals surface area contributed by atoms with Crippen molar-refractivity contribution in [3.63, 3.8) is 0 Å². The summed E-state index contributed by atoms with van der Waals surface area (Å²) < 4.78 is 5.43. The van der Waals surface area contributed by atoms with Crippen LogP contribution >= 0.6 is 11.8 Å². The van der Waals surface area contributed by atoms with E-state index < -0.39 is 0 Å². The minimum atomic E-state index is -0.366. The van der Waals surface area contributed by atoms with Crippen molar-refractivity contribution in [1.82, 2.24) is 0 Å². The Labute approximate surface area is 77.0 Å². The topological polar surface area (TPSA) is 29.5 Å². The Hall–Kier alpha value is -0.150. The standard InChI is InChI=1S/C9H14O2S/c1-12-9(4-5-9)8(10)7-3-2-6-11-7/h3,8,10H,2,4-6H2,1H3. The van der Waals surface area contributed by atoms with Gasteiger partial charge in [0.05, 0.1) is 6.61 Å². The van der Waals surface area contributed by atoms with E-state index >= 15 is 0 Å². The second-order valence-corrected chi connectivity index (χ2v) is 4.64. The molecule has 1 aliphatic carbocycles. The van der Waals surface area contributed by atoms with Crippen LogP contribution in [0.4, 0.5) is 0 Å². The van der Waals surface area contributed by atoms with Crippen LogP contribution in [-0.2, 0) is 4.74 Å². The predicted molar refractivity (Wildman–Crippen MR) is 50.1 cm³/mol. The lowest BCUT2D eigenvalue weighted by Crippen LogP contribution is -2.26. The Bertz CT molecular complexity index is 209. The first-order valence-corrected chi connectivity index (χ1v) is 5.57. The van der Waals surface area contributed by atoms with Gasteiger partial charge in [0.25, 0.3) is 0 Å². The smallest absolute Gasteiger partial charge is 0.125 e. The minimum Gasteiger partial charge on any atom is -0.495 e. The summed E-state index contributed by atoms with van der Waals surface area (Å²) in [6, 6.07) is 0. The lowest BCUT2D eigenvalue weighted by Gasteiger charge is -2.20. The molecule has 2 rings (SSSR count). The van der Waals surface area contributed by atoms with E-state index in [9.17, 15) is 5.11 Å². The summed E-state index contributed by atoms with van der Waals surface area (Å²) in [6.45, 7) is 0.747. The third-order valence-electron chi connectivity index (χ3n) is 2.65. The van der Waals surface area contributed by atoms with Gasteiger partial charge in [0.2, 0.25) is 0 Å². The zero-order valence-corrected chi connectivity index (χ0v) is 8.06. The molecule has 0 spiro atoms. The fourth-order valence-electron chi connectivity index (χ4n) is 1.60. The van der Waals surface area contributed by atoms with Gasteiger partial charge in [-0.2, -0.15) is 11.8 Å². The average Bonchev–Trinajstić information content (AvgIpc) is 2.71. The molecule has 0 radical (unpaired) electrons. The quantitative estimate of drug-likeness (QED) is 0.725. The normalized spacial score (nSPS) is 27.7. The summed E-state index contributed by atoms with van der Waals surface area (Å²) in [6.07, 6.45) is 6.91. The molecule has 1 saturated carbocycles. The largest absolute Gasteiger partial charge is 0.495 e. The molecule has 0 saturated heterocycles. The Balaban J connectivity index is 2.03. The first-order chi connectivity index (χ1) is 5.78. The van der Waals surface area contributed by atoms with Gasteiger partial charge in [-0.05, 0) is 25.2 Å². The van der Waals surface area contributed by atoms with E-state index in [2.05, 4.69) is 6.26 Å². The fraction of sp³-hybridized carbons (Fsp3) is 0.778. The lowest BCUT2D eigenvalue weighted by atomic mass is 10.2. The van der Waals surface area contributed by atoms with Gasteiger partial charge in [-0.15, -0.1) is 0 Å². The zero-order chi connectivity index (χ0) is 8.60. The number of hydrogen-bond acceptors (Lipinski definition) is 3. The Morgan fingerprint density at radius 1 is 1.67 bits per heavy atom. The molecule has 2 nitrogen and oxygen atoms in total. The first kappa shape index (κ1) is 8.45. The SMILES string of the molecule is CSC1(C(O)C2=CCCO2)CC1. The molecular formula is C9H14O2S. The third kappa shape index (κ3) is 1.25. The molecule has 0 amide bonds. The second-order valence-electron chi connectivity index (χ2n) is 3.42. The van der Waals surface area contributed by atoms with Crippen LogP contribution in [0.25, 0.3) is 0 Å². The maximum Gasteiger partial charge on any atom is 0.125 e. The van der Waals surface area contributed by atoms with Crippen molar-refractivity contribution in [3.8, 4) is 0 Å². The highest BCUT2D eigenvalue weighted by atomic mass is 32.2. The molecule has 0 bridgehead atoms. The number of aliphatic hydroxyl groups excluding tert-OH is 1. The van der Waals surface area contributed by atoms with Crippen LogP contribution in [0, 0.1) is 0 Å². The Kier molecular flexibility index (Phi) is 2.09. The van der Waals surface area contributed by atoms with E-state index in [1.807, 2.05) is 6.08 Å². The van der Waals surface area contributed by atoms with E-state index in [0.29, 0.717) is 0 Å². The van der Waals surface area contributed by atoms with Crippen LogP contribution in [0.15, 0.2) is 11.8 Å². The predicted octanol–water partition coefficient (Wildman–Crippen LogP) is 1.55. The van der Waals surface area contributed by atoms with Gasteiger partial charge in [0.15, 0.2) is 0 Å². The van der Waals surface area contributed by atoms with Crippen LogP contribution in [0.3, 0.4) is 0 Å². The summed E-state index contributed by atoms with van der Waals surface area (Å²) in [4.78, 5) is 0. The van der Waals surface area contributed by atoms with Gasteiger partial charge in [-0.1, -0.05) is 0 Å². The summed E-state index contributed by atoms with van der Waals surface area (Å²) in [5, 5.41) is 9.93. The van der Waals surface area contributed by atoms with Crippen molar-refractivity contribution >= 4 is 11.8 Å². The molecule has 2 aliphatic rings. The highest BCUT2D eigenvalue weighted by Crippen LogP contribution is 2.52. The average molecular weight is 186 g/mol. The van der Waals surface area contributed by atoms with Crippen LogP contribution in [-0.4, -0.2) is 28.8 Å². The Morgan fingerprint density at radius 2 is 2.42 bits per heavy atom. The number of hydrogen-bond donors (Lipinski definition) is 1. The van der Waals surface area contributed by atoms with Gasteiger partial charge in [-0.25, -0.2) is 0 Å². The fourth-order valence-corrected chi connectivity index (χ4v) is 2.45. The van der Waals surface area contributed by atoms with Crippen molar-refractivity contribution in [2.24, 2.45) is 0 Å². The number of thioether (sulfide) groups is 1. The third-order valence-corrected chi connectivity index (χ3v) is 4.09. The molecule has 1 atom stereocenters. The van der Waals surface area contributed by atoms with E-state index in [0.717, 1.165) is 31.6 Å². The van der Waals surface area contributed by atoms with Gasteiger partial charge in [0, 0.05) is 11.2 Å². The number of rotatable bonds is 3. The monoisotopic (exact) mass is 186 g/mol. The molecule has 1 aliphatic heterocycles. The van der Waals surface area contributed by atoms with E-state index in [1.54, 1.807) is 11.8 Å². The highest BCUT2D eigenvalue weighted by Gasteiger charge is 2.50. The van der Waals surface area contributed by atoms with Crippen molar-refractivity contribution in [1.29, 1.82) is 0 Å². The molecule has 1 N–H and O–H groups in total. The number of ether oxygens (including phenoxy) is 1. The molecule has 1 unspecified atom stereocenters. The molecule has 0 aromatic rings. The lowest BCUT2D eigenvalue weighted by molar-refractivity contribution is 0.111. The van der Waals surface area contributed by atoms with Crippen molar-refractivity contribution < 1.29 is 9.84 Å². The molecule has 68 valence electrons. The Morgan fingerprint density at radius 3 is 2.83 bits per heavy atom. The summed E-state index contributed by atoms with van der Waals surface area (Å²) >= 11 is 1.76. The van der Waals surface area contributed by atoms with Gasteiger partial charge in [-0.3, -0.25) is 0 Å². The first-order valence-electron chi connectivity index (χ1n) is 4.34. The van der Waals surface area contributed by atoms with Gasteiger partial charge < -0.3 is 9.84 Å². The molecule has 12 heavy (non-hydrogen) atoms. The molecule has 0 aromatic carbocycles. The van der Waals surface area contributed by atoms with E-state index in [4.69, 9.17) is 4.74 Å². The van der Waals surface area contributed by atoms with Crippen molar-refractivity contribution in [2.75, 3.05) is 12.9 Å². The molecule has 0 aromatic heterocycles. The maximum absolute atomic E-state index is 9.93. The second kappa shape index (κ2) is 2.96. The van der Waals surface area contributed by atoms with Crippen LogP contribution in [0.5, 0.6) is 0 Å². The maximum atomic E-state index is 9.93. The summed E-state index contributed by atoms with van der Waals surface area (Å²) in [7, 11) is 0.